The maximum absolute atomic E-state index is 13.4. The van der Waals surface area contributed by atoms with E-state index in [2.05, 4.69) is 9.97 Å². The number of H-pyrrole nitrogens is 1. The minimum atomic E-state index is -0.576. The molecule has 5 rings (SSSR count). The normalized spacial score (nSPS) is 11.3. The number of pyridine rings is 1. The molecule has 0 atom stereocenters. The lowest BCUT2D eigenvalue weighted by molar-refractivity contribution is 0.415. The molecule has 0 aliphatic carbocycles. The smallest absolute Gasteiger partial charge is 0.333 e. The molecule has 5 aromatic rings. The van der Waals surface area contributed by atoms with Crippen molar-refractivity contribution in [3.05, 3.63) is 85.7 Å². The number of rotatable bonds is 3. The summed E-state index contributed by atoms with van der Waals surface area (Å²) in [6.07, 6.45) is 3.10. The minimum Gasteiger partial charge on any atom is -0.497 e. The van der Waals surface area contributed by atoms with Crippen molar-refractivity contribution in [2.45, 2.75) is 0 Å². The number of hydrogen-bond acceptors (Lipinski definition) is 5. The Morgan fingerprint density at radius 3 is 2.71 bits per heavy atom. The lowest BCUT2D eigenvalue weighted by Gasteiger charge is -2.09. The average Bonchev–Trinajstić information content (AvgIpc) is 3.18. The van der Waals surface area contributed by atoms with Gasteiger partial charge in [0.15, 0.2) is 0 Å². The highest BCUT2D eigenvalue weighted by atomic mass is 35.5. The molecule has 0 fully saturated rings. The van der Waals surface area contributed by atoms with Crippen molar-refractivity contribution < 1.29 is 4.74 Å². The fourth-order valence-electron chi connectivity index (χ4n) is 3.52. The maximum atomic E-state index is 13.4. The molecular weight excluding hydrogens is 457 g/mol. The van der Waals surface area contributed by atoms with Crippen LogP contribution in [0.3, 0.4) is 0 Å². The molecule has 0 aliphatic heterocycles. The van der Waals surface area contributed by atoms with Gasteiger partial charge in [0.1, 0.15) is 10.4 Å². The molecule has 0 saturated heterocycles. The molecule has 3 aromatic heterocycles. The van der Waals surface area contributed by atoms with Gasteiger partial charge in [0.05, 0.1) is 29.5 Å². The number of ether oxygens (including phenoxy) is 1. The molecule has 0 radical (unpaired) electrons. The van der Waals surface area contributed by atoms with Crippen LogP contribution in [-0.4, -0.2) is 21.6 Å². The van der Waals surface area contributed by atoms with Gasteiger partial charge in [0.2, 0.25) is 0 Å². The quantitative estimate of drug-likeness (QED) is 0.390. The molecule has 3 heterocycles. The molecule has 9 heteroatoms. The Morgan fingerprint density at radius 2 is 1.90 bits per heavy atom. The summed E-state index contributed by atoms with van der Waals surface area (Å²) in [7, 11) is 1.57. The number of aromatic amines is 1. The van der Waals surface area contributed by atoms with Gasteiger partial charge in [-0.3, -0.25) is 9.78 Å². The molecule has 6 nitrogen and oxygen atoms in total. The number of nitrogens with one attached hydrogen (secondary N) is 1. The zero-order chi connectivity index (χ0) is 21.7. The summed E-state index contributed by atoms with van der Waals surface area (Å²) in [5.74, 6) is 0.638. The van der Waals surface area contributed by atoms with Gasteiger partial charge in [-0.25, -0.2) is 9.36 Å². The first-order chi connectivity index (χ1) is 15.0. The highest BCUT2D eigenvalue weighted by Gasteiger charge is 2.18. The molecule has 0 spiro atoms. The van der Waals surface area contributed by atoms with Gasteiger partial charge in [0.25, 0.3) is 5.56 Å². The number of nitrogens with zero attached hydrogens (tertiary/aromatic N) is 2. The Bertz CT molecular complexity index is 1600. The third-order valence-corrected chi connectivity index (χ3v) is 6.77. The van der Waals surface area contributed by atoms with Gasteiger partial charge < -0.3 is 9.72 Å². The summed E-state index contributed by atoms with van der Waals surface area (Å²) in [5, 5.41) is 2.25. The van der Waals surface area contributed by atoms with E-state index in [1.54, 1.807) is 49.7 Å². The van der Waals surface area contributed by atoms with E-state index in [1.165, 1.54) is 17.5 Å². The fourth-order valence-corrected chi connectivity index (χ4v) is 5.15. The SMILES string of the molecule is COc1ccc(Cl)c(-c2cc3[nH]c(=O)n(-c4cncc5cccc(Cl)c45)c(=O)c3s2)c1. The predicted octanol–water partition coefficient (Wildman–Crippen LogP) is 5.27. The first-order valence-corrected chi connectivity index (χ1v) is 10.7. The molecule has 0 saturated carbocycles. The van der Waals surface area contributed by atoms with Gasteiger partial charge in [0, 0.05) is 32.4 Å². The summed E-state index contributed by atoms with van der Waals surface area (Å²) >= 11 is 14.0. The van der Waals surface area contributed by atoms with Gasteiger partial charge in [-0.05, 0) is 30.3 Å². The fraction of sp³-hybridized carbons (Fsp3) is 0.0455. The first kappa shape index (κ1) is 19.8. The number of halogens is 2. The van der Waals surface area contributed by atoms with E-state index in [4.69, 9.17) is 27.9 Å². The zero-order valence-corrected chi connectivity index (χ0v) is 18.3. The molecule has 1 N–H and O–H groups in total. The minimum absolute atomic E-state index is 0.325. The van der Waals surface area contributed by atoms with Crippen molar-refractivity contribution in [1.82, 2.24) is 14.5 Å². The van der Waals surface area contributed by atoms with Crippen LogP contribution in [0.4, 0.5) is 0 Å². The second-order valence-electron chi connectivity index (χ2n) is 6.77. The highest BCUT2D eigenvalue weighted by molar-refractivity contribution is 7.22. The van der Waals surface area contributed by atoms with E-state index in [0.717, 1.165) is 14.8 Å². The van der Waals surface area contributed by atoms with E-state index < -0.39 is 11.2 Å². The van der Waals surface area contributed by atoms with Crippen LogP contribution in [0.5, 0.6) is 5.75 Å². The van der Waals surface area contributed by atoms with Crippen LogP contribution < -0.4 is 16.0 Å². The molecule has 0 bridgehead atoms. The zero-order valence-electron chi connectivity index (χ0n) is 16.0. The average molecular weight is 470 g/mol. The number of thiophene rings is 1. The third kappa shape index (κ3) is 3.22. The second-order valence-corrected chi connectivity index (χ2v) is 8.63. The molecule has 154 valence electrons. The predicted molar refractivity (Wildman–Crippen MR) is 125 cm³/mol. The van der Waals surface area contributed by atoms with Crippen LogP contribution in [0.1, 0.15) is 0 Å². The van der Waals surface area contributed by atoms with E-state index in [-0.39, 0.29) is 0 Å². The van der Waals surface area contributed by atoms with Crippen molar-refractivity contribution in [3.63, 3.8) is 0 Å². The van der Waals surface area contributed by atoms with Gasteiger partial charge in [-0.15, -0.1) is 11.3 Å². The molecule has 0 aliphatic rings. The summed E-state index contributed by atoms with van der Waals surface area (Å²) in [4.78, 5) is 34.0. The topological polar surface area (TPSA) is 77.0 Å². The summed E-state index contributed by atoms with van der Waals surface area (Å²) < 4.78 is 6.73. The van der Waals surface area contributed by atoms with Crippen LogP contribution in [0.2, 0.25) is 10.0 Å². The Balaban J connectivity index is 1.79. The Morgan fingerprint density at radius 1 is 1.06 bits per heavy atom. The lowest BCUT2D eigenvalue weighted by atomic mass is 10.1. The molecule has 0 amide bonds. The van der Waals surface area contributed by atoms with E-state index in [1.807, 2.05) is 6.07 Å². The maximum Gasteiger partial charge on any atom is 0.333 e. The summed E-state index contributed by atoms with van der Waals surface area (Å²) in [6.45, 7) is 0. The van der Waals surface area contributed by atoms with Crippen molar-refractivity contribution in [2.24, 2.45) is 0 Å². The van der Waals surface area contributed by atoms with E-state index in [9.17, 15) is 9.59 Å². The second kappa shape index (κ2) is 7.53. The molecule has 31 heavy (non-hydrogen) atoms. The molecule has 2 aromatic carbocycles. The number of benzene rings is 2. The number of aromatic nitrogens is 3. The third-order valence-electron chi connectivity index (χ3n) is 4.97. The van der Waals surface area contributed by atoms with Crippen LogP contribution in [-0.2, 0) is 0 Å². The standard InChI is InChI=1S/C22H13Cl2N3O3S/c1-30-12-5-6-14(23)13(7-12)18-8-16-20(31-18)21(28)27(22(29)26-16)17-10-25-9-11-3-2-4-15(24)19(11)17/h2-10H,1H3,(H,26,29). The Labute approximate surface area is 189 Å². The monoisotopic (exact) mass is 469 g/mol. The number of methoxy groups -OCH3 is 1. The van der Waals surface area contributed by atoms with Crippen molar-refractivity contribution in [1.29, 1.82) is 0 Å². The van der Waals surface area contributed by atoms with Gasteiger partial charge in [-0.2, -0.15) is 0 Å². The van der Waals surface area contributed by atoms with E-state index in [0.29, 0.717) is 42.6 Å². The largest absolute Gasteiger partial charge is 0.497 e. The van der Waals surface area contributed by atoms with Gasteiger partial charge in [-0.1, -0.05) is 35.3 Å². The molecule has 0 unspecified atom stereocenters. The highest BCUT2D eigenvalue weighted by Crippen LogP contribution is 2.37. The number of fused-ring (bicyclic) bond motifs is 2. The Hall–Kier alpha value is -3.13. The van der Waals surface area contributed by atoms with Crippen LogP contribution in [0.25, 0.3) is 37.1 Å². The number of hydrogen-bond donors (Lipinski definition) is 1. The Kier molecular flexibility index (Phi) is 4.81. The molecular formula is C22H13Cl2N3O3S. The van der Waals surface area contributed by atoms with Crippen LogP contribution in [0.15, 0.2) is 64.4 Å². The van der Waals surface area contributed by atoms with Crippen molar-refractivity contribution in [3.8, 4) is 21.9 Å². The van der Waals surface area contributed by atoms with Crippen molar-refractivity contribution in [2.75, 3.05) is 7.11 Å². The van der Waals surface area contributed by atoms with Crippen molar-refractivity contribution >= 4 is 55.5 Å². The van der Waals surface area contributed by atoms with Crippen LogP contribution >= 0.6 is 34.5 Å². The first-order valence-electron chi connectivity index (χ1n) is 9.13. The summed E-state index contributed by atoms with van der Waals surface area (Å²) in [5.41, 5.74) is 0.440. The summed E-state index contributed by atoms with van der Waals surface area (Å²) in [6, 6.07) is 12.3. The van der Waals surface area contributed by atoms with E-state index >= 15 is 0 Å². The lowest BCUT2D eigenvalue weighted by Crippen LogP contribution is -2.33. The van der Waals surface area contributed by atoms with Gasteiger partial charge >= 0.3 is 5.69 Å². The van der Waals surface area contributed by atoms with Crippen LogP contribution in [0, 0.1) is 0 Å².